The van der Waals surface area contributed by atoms with Crippen LogP contribution in [0.1, 0.15) is 31.9 Å². The lowest BCUT2D eigenvalue weighted by molar-refractivity contribution is 0.623. The van der Waals surface area contributed by atoms with Crippen molar-refractivity contribution in [1.82, 2.24) is 9.97 Å². The Hall–Kier alpha value is -2.17. The highest BCUT2D eigenvalue weighted by atomic mass is 19.1. The van der Waals surface area contributed by atoms with Crippen LogP contribution in [0, 0.1) is 5.82 Å². The molecule has 2 aromatic rings. The summed E-state index contributed by atoms with van der Waals surface area (Å²) in [5.74, 6) is 1.09. The van der Waals surface area contributed by atoms with Crippen LogP contribution < -0.4 is 10.6 Å². The van der Waals surface area contributed by atoms with Crippen LogP contribution >= 0.6 is 0 Å². The molecule has 0 aliphatic heterocycles. The van der Waals surface area contributed by atoms with Gasteiger partial charge in [-0.3, -0.25) is 0 Å². The number of hydrogen-bond donors (Lipinski definition) is 2. The van der Waals surface area contributed by atoms with E-state index in [1.165, 1.54) is 12.1 Å². The Kier molecular flexibility index (Phi) is 4.87. The summed E-state index contributed by atoms with van der Waals surface area (Å²) in [4.78, 5) is 8.52. The Labute approximate surface area is 118 Å². The smallest absolute Gasteiger partial charge is 0.224 e. The summed E-state index contributed by atoms with van der Waals surface area (Å²) in [6.07, 6.45) is 2.71. The first-order valence-electron chi connectivity index (χ1n) is 6.78. The first kappa shape index (κ1) is 14.2. The van der Waals surface area contributed by atoms with Crippen molar-refractivity contribution in [2.24, 2.45) is 0 Å². The normalized spacial score (nSPS) is 11.9. The minimum Gasteiger partial charge on any atom is -0.363 e. The van der Waals surface area contributed by atoms with Crippen molar-refractivity contribution in [1.29, 1.82) is 0 Å². The van der Waals surface area contributed by atoms with Crippen molar-refractivity contribution in [2.75, 3.05) is 17.2 Å². The zero-order valence-corrected chi connectivity index (χ0v) is 11.7. The van der Waals surface area contributed by atoms with Gasteiger partial charge in [0.25, 0.3) is 0 Å². The summed E-state index contributed by atoms with van der Waals surface area (Å²) in [6, 6.07) is 8.32. The number of halogens is 1. The molecule has 1 heterocycles. The second-order valence-electron chi connectivity index (χ2n) is 4.61. The van der Waals surface area contributed by atoms with Gasteiger partial charge in [0.15, 0.2) is 0 Å². The predicted octanol–water partition coefficient (Wildman–Crippen LogP) is 3.61. The molecular formula is C15H19FN4. The number of aromatic nitrogens is 2. The summed E-state index contributed by atoms with van der Waals surface area (Å²) in [5.41, 5.74) is 0.881. The van der Waals surface area contributed by atoms with Crippen molar-refractivity contribution in [3.8, 4) is 0 Å². The van der Waals surface area contributed by atoms with Crippen molar-refractivity contribution >= 4 is 11.8 Å². The predicted molar refractivity (Wildman–Crippen MR) is 79.3 cm³/mol. The number of nitrogens with zero attached hydrogens (tertiary/aromatic N) is 2. The largest absolute Gasteiger partial charge is 0.363 e. The molecule has 106 valence electrons. The Bertz CT molecular complexity index is 559. The van der Waals surface area contributed by atoms with Crippen LogP contribution in [0.25, 0.3) is 0 Å². The highest BCUT2D eigenvalue weighted by Gasteiger charge is 2.07. The zero-order valence-electron chi connectivity index (χ0n) is 11.7. The second-order valence-corrected chi connectivity index (χ2v) is 4.61. The van der Waals surface area contributed by atoms with E-state index >= 15 is 0 Å². The van der Waals surface area contributed by atoms with E-state index in [1.54, 1.807) is 18.3 Å². The van der Waals surface area contributed by atoms with Gasteiger partial charge in [-0.15, -0.1) is 0 Å². The molecule has 0 amide bonds. The molecule has 0 radical (unpaired) electrons. The second kappa shape index (κ2) is 6.84. The van der Waals surface area contributed by atoms with Crippen molar-refractivity contribution in [3.63, 3.8) is 0 Å². The summed E-state index contributed by atoms with van der Waals surface area (Å²) in [6.45, 7) is 4.89. The highest BCUT2D eigenvalue weighted by Crippen LogP contribution is 2.18. The summed E-state index contributed by atoms with van der Waals surface area (Å²) in [5, 5.41) is 6.38. The molecule has 4 nitrogen and oxygen atoms in total. The topological polar surface area (TPSA) is 49.8 Å². The molecular weight excluding hydrogens is 255 g/mol. The van der Waals surface area contributed by atoms with Crippen molar-refractivity contribution in [2.45, 2.75) is 26.3 Å². The number of benzene rings is 1. The third-order valence-electron chi connectivity index (χ3n) is 2.90. The SMILES string of the molecule is CCCNc1nccc(NC(C)c2cccc(F)c2)n1. The highest BCUT2D eigenvalue weighted by molar-refractivity contribution is 5.41. The van der Waals surface area contributed by atoms with Crippen molar-refractivity contribution < 1.29 is 4.39 Å². The van der Waals surface area contributed by atoms with E-state index in [9.17, 15) is 4.39 Å². The van der Waals surface area contributed by atoms with E-state index in [-0.39, 0.29) is 11.9 Å². The summed E-state index contributed by atoms with van der Waals surface area (Å²) < 4.78 is 13.2. The standard InChI is InChI=1S/C15H19FN4/c1-3-8-17-15-18-9-7-14(20-15)19-11(2)12-5-4-6-13(16)10-12/h4-7,9-11H,3,8H2,1-2H3,(H2,17,18,19,20). The van der Waals surface area contributed by atoms with Crippen LogP contribution in [0.3, 0.4) is 0 Å². The quantitative estimate of drug-likeness (QED) is 0.845. The molecule has 20 heavy (non-hydrogen) atoms. The van der Waals surface area contributed by atoms with Gasteiger partial charge in [-0.05, 0) is 37.1 Å². The fourth-order valence-corrected chi connectivity index (χ4v) is 1.84. The van der Waals surface area contributed by atoms with Gasteiger partial charge in [0.2, 0.25) is 5.95 Å². The zero-order chi connectivity index (χ0) is 14.4. The number of rotatable bonds is 6. The first-order valence-corrected chi connectivity index (χ1v) is 6.78. The number of anilines is 2. The van der Waals surface area contributed by atoms with E-state index in [1.807, 2.05) is 13.0 Å². The molecule has 2 rings (SSSR count). The fraction of sp³-hybridized carbons (Fsp3) is 0.333. The van der Waals surface area contributed by atoms with Crippen LogP contribution in [0.2, 0.25) is 0 Å². The molecule has 5 heteroatoms. The van der Waals surface area contributed by atoms with Gasteiger partial charge < -0.3 is 10.6 Å². The minimum absolute atomic E-state index is 0.0281. The molecule has 0 fully saturated rings. The van der Waals surface area contributed by atoms with Crippen LogP contribution in [0.15, 0.2) is 36.5 Å². The molecule has 0 spiro atoms. The molecule has 1 unspecified atom stereocenters. The van der Waals surface area contributed by atoms with E-state index in [2.05, 4.69) is 27.5 Å². The molecule has 0 saturated heterocycles. The lowest BCUT2D eigenvalue weighted by Crippen LogP contribution is -2.10. The third-order valence-corrected chi connectivity index (χ3v) is 2.90. The molecule has 1 atom stereocenters. The Balaban J connectivity index is 2.05. The molecule has 0 saturated carbocycles. The lowest BCUT2D eigenvalue weighted by atomic mass is 10.1. The van der Waals surface area contributed by atoms with E-state index in [0.717, 1.165) is 24.3 Å². The first-order chi connectivity index (χ1) is 9.69. The molecule has 0 aliphatic rings. The average Bonchev–Trinajstić information content (AvgIpc) is 2.45. The van der Waals surface area contributed by atoms with Gasteiger partial charge in [-0.2, -0.15) is 4.98 Å². The van der Waals surface area contributed by atoms with Crippen molar-refractivity contribution in [3.05, 3.63) is 47.9 Å². The molecule has 0 aliphatic carbocycles. The van der Waals surface area contributed by atoms with Crippen LogP contribution in [0.5, 0.6) is 0 Å². The average molecular weight is 274 g/mol. The third kappa shape index (κ3) is 3.91. The van der Waals surface area contributed by atoms with Gasteiger partial charge in [0.1, 0.15) is 11.6 Å². The monoisotopic (exact) mass is 274 g/mol. The van der Waals surface area contributed by atoms with Crippen LogP contribution in [-0.4, -0.2) is 16.5 Å². The number of nitrogens with one attached hydrogen (secondary N) is 2. The Morgan fingerprint density at radius 3 is 2.90 bits per heavy atom. The molecule has 0 bridgehead atoms. The maximum Gasteiger partial charge on any atom is 0.224 e. The van der Waals surface area contributed by atoms with Crippen LogP contribution in [-0.2, 0) is 0 Å². The maximum atomic E-state index is 13.2. The maximum absolute atomic E-state index is 13.2. The van der Waals surface area contributed by atoms with Gasteiger partial charge in [0, 0.05) is 12.7 Å². The van der Waals surface area contributed by atoms with Gasteiger partial charge in [0.05, 0.1) is 6.04 Å². The fourth-order valence-electron chi connectivity index (χ4n) is 1.84. The van der Waals surface area contributed by atoms with Gasteiger partial charge >= 0.3 is 0 Å². The Morgan fingerprint density at radius 1 is 1.30 bits per heavy atom. The summed E-state index contributed by atoms with van der Waals surface area (Å²) >= 11 is 0. The van der Waals surface area contributed by atoms with Gasteiger partial charge in [-0.25, -0.2) is 9.37 Å². The molecule has 1 aromatic carbocycles. The molecule has 2 N–H and O–H groups in total. The van der Waals surface area contributed by atoms with E-state index in [4.69, 9.17) is 0 Å². The van der Waals surface area contributed by atoms with Gasteiger partial charge in [-0.1, -0.05) is 19.1 Å². The van der Waals surface area contributed by atoms with E-state index in [0.29, 0.717) is 5.95 Å². The summed E-state index contributed by atoms with van der Waals surface area (Å²) in [7, 11) is 0. The lowest BCUT2D eigenvalue weighted by Gasteiger charge is -2.15. The minimum atomic E-state index is -0.232. The van der Waals surface area contributed by atoms with Crippen LogP contribution in [0.4, 0.5) is 16.2 Å². The Morgan fingerprint density at radius 2 is 2.15 bits per heavy atom. The number of hydrogen-bond acceptors (Lipinski definition) is 4. The van der Waals surface area contributed by atoms with E-state index < -0.39 is 0 Å². The molecule has 1 aromatic heterocycles.